The zero-order valence-corrected chi connectivity index (χ0v) is 11.2. The van der Waals surface area contributed by atoms with E-state index < -0.39 is 11.3 Å². The van der Waals surface area contributed by atoms with Crippen LogP contribution in [-0.2, 0) is 9.59 Å². The van der Waals surface area contributed by atoms with Crippen LogP contribution in [0, 0.1) is 5.41 Å². The Labute approximate surface area is 104 Å². The molecule has 0 rings (SSSR count). The van der Waals surface area contributed by atoms with E-state index in [1.165, 1.54) is 4.90 Å². The van der Waals surface area contributed by atoms with Crippen molar-refractivity contribution in [3.05, 3.63) is 0 Å². The number of nitrogens with zero attached hydrogens (tertiary/aromatic N) is 1. The van der Waals surface area contributed by atoms with Crippen molar-refractivity contribution in [3.63, 3.8) is 0 Å². The quantitative estimate of drug-likeness (QED) is 0.649. The van der Waals surface area contributed by atoms with Crippen LogP contribution in [0.1, 0.15) is 39.5 Å². The highest BCUT2D eigenvalue weighted by Crippen LogP contribution is 2.30. The van der Waals surface area contributed by atoms with Gasteiger partial charge >= 0.3 is 0 Å². The van der Waals surface area contributed by atoms with Crippen molar-refractivity contribution in [3.8, 4) is 0 Å². The first kappa shape index (κ1) is 15.9. The molecule has 0 unspecified atom stereocenters. The SMILES string of the molecule is CCCC(CN)(CCC)C(=O)N(C)CC(N)=O. The molecule has 100 valence electrons. The molecular weight excluding hydrogens is 218 g/mol. The lowest BCUT2D eigenvalue weighted by Gasteiger charge is -2.34. The van der Waals surface area contributed by atoms with Crippen LogP contribution in [0.25, 0.3) is 0 Å². The Balaban J connectivity index is 4.88. The number of carbonyl (C=O) groups is 2. The van der Waals surface area contributed by atoms with Gasteiger partial charge in [-0.05, 0) is 12.8 Å². The Bertz CT molecular complexity index is 260. The third-order valence-corrected chi connectivity index (χ3v) is 3.04. The summed E-state index contributed by atoms with van der Waals surface area (Å²) in [5, 5.41) is 0. The molecule has 0 aliphatic rings. The highest BCUT2D eigenvalue weighted by Gasteiger charge is 2.37. The number of carbonyl (C=O) groups excluding carboxylic acids is 2. The van der Waals surface area contributed by atoms with Gasteiger partial charge < -0.3 is 16.4 Å². The Morgan fingerprint density at radius 3 is 1.94 bits per heavy atom. The number of primary amides is 1. The summed E-state index contributed by atoms with van der Waals surface area (Å²) >= 11 is 0. The molecule has 0 saturated heterocycles. The zero-order valence-electron chi connectivity index (χ0n) is 11.2. The van der Waals surface area contributed by atoms with Gasteiger partial charge in [0.2, 0.25) is 11.8 Å². The number of hydrogen-bond acceptors (Lipinski definition) is 3. The van der Waals surface area contributed by atoms with Gasteiger partial charge in [0.25, 0.3) is 0 Å². The standard InChI is InChI=1S/C12H25N3O2/c1-4-6-12(9-13,7-5-2)11(17)15(3)8-10(14)16/h4-9,13H2,1-3H3,(H2,14,16). The molecule has 0 fully saturated rings. The van der Waals surface area contributed by atoms with E-state index in [9.17, 15) is 9.59 Å². The van der Waals surface area contributed by atoms with Gasteiger partial charge in [0.05, 0.1) is 12.0 Å². The summed E-state index contributed by atoms with van der Waals surface area (Å²) in [4.78, 5) is 24.6. The van der Waals surface area contributed by atoms with Crippen molar-refractivity contribution in [2.45, 2.75) is 39.5 Å². The number of rotatable bonds is 8. The smallest absolute Gasteiger partial charge is 0.237 e. The zero-order chi connectivity index (χ0) is 13.5. The first-order valence-corrected chi connectivity index (χ1v) is 6.17. The van der Waals surface area contributed by atoms with Gasteiger partial charge in [-0.25, -0.2) is 0 Å². The molecule has 5 heteroatoms. The van der Waals surface area contributed by atoms with Gasteiger partial charge in [0.15, 0.2) is 0 Å². The molecule has 17 heavy (non-hydrogen) atoms. The second-order valence-electron chi connectivity index (χ2n) is 4.61. The van der Waals surface area contributed by atoms with Gasteiger partial charge in [0.1, 0.15) is 0 Å². The van der Waals surface area contributed by atoms with Crippen molar-refractivity contribution >= 4 is 11.8 Å². The van der Waals surface area contributed by atoms with Crippen LogP contribution in [0.2, 0.25) is 0 Å². The first-order valence-electron chi connectivity index (χ1n) is 6.17. The fourth-order valence-electron chi connectivity index (χ4n) is 2.30. The molecule has 0 spiro atoms. The Morgan fingerprint density at radius 1 is 1.18 bits per heavy atom. The second kappa shape index (κ2) is 7.27. The highest BCUT2D eigenvalue weighted by atomic mass is 16.2. The Kier molecular flexibility index (Phi) is 6.80. The fourth-order valence-corrected chi connectivity index (χ4v) is 2.30. The minimum absolute atomic E-state index is 0.0476. The molecule has 0 heterocycles. The largest absolute Gasteiger partial charge is 0.368 e. The van der Waals surface area contributed by atoms with Crippen molar-refractivity contribution < 1.29 is 9.59 Å². The van der Waals surface area contributed by atoms with E-state index in [0.29, 0.717) is 6.54 Å². The summed E-state index contributed by atoms with van der Waals surface area (Å²) in [6.07, 6.45) is 3.29. The number of likely N-dealkylation sites (N-methyl/N-ethyl adjacent to an activating group) is 1. The summed E-state index contributed by atoms with van der Waals surface area (Å²) in [6.45, 7) is 4.33. The molecule has 0 aromatic heterocycles. The van der Waals surface area contributed by atoms with Gasteiger partial charge in [-0.3, -0.25) is 9.59 Å². The minimum Gasteiger partial charge on any atom is -0.368 e. The van der Waals surface area contributed by atoms with Crippen molar-refractivity contribution in [2.75, 3.05) is 20.1 Å². The van der Waals surface area contributed by atoms with Crippen molar-refractivity contribution in [2.24, 2.45) is 16.9 Å². The average molecular weight is 243 g/mol. The molecule has 0 aromatic carbocycles. The predicted molar refractivity (Wildman–Crippen MR) is 68.1 cm³/mol. The Morgan fingerprint density at radius 2 is 1.65 bits per heavy atom. The summed E-state index contributed by atoms with van der Waals surface area (Å²) < 4.78 is 0. The van der Waals surface area contributed by atoms with Gasteiger partial charge in [0, 0.05) is 13.6 Å². The Hall–Kier alpha value is -1.10. The normalized spacial score (nSPS) is 11.3. The maximum Gasteiger partial charge on any atom is 0.237 e. The fraction of sp³-hybridized carbons (Fsp3) is 0.833. The first-order chi connectivity index (χ1) is 7.93. The molecule has 5 nitrogen and oxygen atoms in total. The van der Waals surface area contributed by atoms with E-state index in [0.717, 1.165) is 25.7 Å². The molecule has 0 aromatic rings. The van der Waals surface area contributed by atoms with E-state index in [1.54, 1.807) is 7.05 Å². The molecule has 0 aliphatic carbocycles. The summed E-state index contributed by atoms with van der Waals surface area (Å²) in [7, 11) is 1.60. The van der Waals surface area contributed by atoms with Crippen LogP contribution in [-0.4, -0.2) is 36.9 Å². The lowest BCUT2D eigenvalue weighted by atomic mass is 9.78. The van der Waals surface area contributed by atoms with Crippen LogP contribution < -0.4 is 11.5 Å². The lowest BCUT2D eigenvalue weighted by molar-refractivity contribution is -0.143. The maximum absolute atomic E-state index is 12.3. The molecule has 0 radical (unpaired) electrons. The van der Waals surface area contributed by atoms with Crippen molar-refractivity contribution in [1.82, 2.24) is 4.90 Å². The maximum atomic E-state index is 12.3. The second-order valence-corrected chi connectivity index (χ2v) is 4.61. The summed E-state index contributed by atoms with van der Waals surface area (Å²) in [6, 6.07) is 0. The van der Waals surface area contributed by atoms with Crippen LogP contribution in [0.3, 0.4) is 0 Å². The van der Waals surface area contributed by atoms with E-state index in [1.807, 2.05) is 13.8 Å². The number of amides is 2. The molecule has 0 aliphatic heterocycles. The monoisotopic (exact) mass is 243 g/mol. The number of hydrogen-bond donors (Lipinski definition) is 2. The van der Waals surface area contributed by atoms with Crippen molar-refractivity contribution in [1.29, 1.82) is 0 Å². The highest BCUT2D eigenvalue weighted by molar-refractivity contribution is 5.87. The number of nitrogens with two attached hydrogens (primary N) is 2. The van der Waals surface area contributed by atoms with Gasteiger partial charge in [-0.2, -0.15) is 0 Å². The van der Waals surface area contributed by atoms with Crippen LogP contribution >= 0.6 is 0 Å². The molecule has 4 N–H and O–H groups in total. The topological polar surface area (TPSA) is 89.4 Å². The third-order valence-electron chi connectivity index (χ3n) is 3.04. The van der Waals surface area contributed by atoms with Gasteiger partial charge in [-0.1, -0.05) is 26.7 Å². The molecule has 2 amide bonds. The molecular formula is C12H25N3O2. The van der Waals surface area contributed by atoms with Crippen LogP contribution in [0.15, 0.2) is 0 Å². The molecule has 0 atom stereocenters. The predicted octanol–water partition coefficient (Wildman–Crippen LogP) is 0.475. The summed E-state index contributed by atoms with van der Waals surface area (Å²) in [5.41, 5.74) is 10.4. The lowest BCUT2D eigenvalue weighted by Crippen LogP contribution is -2.48. The van der Waals surface area contributed by atoms with E-state index >= 15 is 0 Å². The van der Waals surface area contributed by atoms with E-state index in [4.69, 9.17) is 11.5 Å². The average Bonchev–Trinajstić information content (AvgIpc) is 2.26. The molecule has 0 bridgehead atoms. The summed E-state index contributed by atoms with van der Waals surface area (Å²) in [5.74, 6) is -0.567. The van der Waals surface area contributed by atoms with E-state index in [-0.39, 0.29) is 12.5 Å². The third kappa shape index (κ3) is 4.34. The van der Waals surface area contributed by atoms with Crippen LogP contribution in [0.5, 0.6) is 0 Å². The van der Waals surface area contributed by atoms with Gasteiger partial charge in [-0.15, -0.1) is 0 Å². The molecule has 0 saturated carbocycles. The van der Waals surface area contributed by atoms with E-state index in [2.05, 4.69) is 0 Å². The van der Waals surface area contributed by atoms with Crippen LogP contribution in [0.4, 0.5) is 0 Å². The minimum atomic E-state index is -0.534.